The van der Waals surface area contributed by atoms with Crippen molar-refractivity contribution in [2.24, 2.45) is 0 Å². The van der Waals surface area contributed by atoms with Crippen LogP contribution in [-0.4, -0.2) is 30.4 Å². The summed E-state index contributed by atoms with van der Waals surface area (Å²) in [7, 11) is 0. The van der Waals surface area contributed by atoms with Crippen molar-refractivity contribution in [3.63, 3.8) is 0 Å². The van der Waals surface area contributed by atoms with E-state index in [0.29, 0.717) is 6.54 Å². The zero-order valence-electron chi connectivity index (χ0n) is 13.5. The molecule has 0 unspecified atom stereocenters. The molecule has 1 aromatic carbocycles. The molecule has 1 aromatic heterocycles. The van der Waals surface area contributed by atoms with Gasteiger partial charge in [-0.05, 0) is 42.6 Å². The first-order valence-corrected chi connectivity index (χ1v) is 8.66. The number of nitrogens with one attached hydrogen (secondary N) is 1. The molecule has 118 valence electrons. The lowest BCUT2D eigenvalue weighted by Crippen LogP contribution is -2.38. The summed E-state index contributed by atoms with van der Waals surface area (Å²) in [6.45, 7) is 8.84. The predicted molar refractivity (Wildman–Crippen MR) is 93.5 cm³/mol. The number of nitrogens with zero attached hydrogens (tertiary/aromatic N) is 1. The third-order valence-corrected chi connectivity index (χ3v) is 4.98. The van der Waals surface area contributed by atoms with Gasteiger partial charge >= 0.3 is 0 Å². The molecule has 2 rings (SSSR count). The van der Waals surface area contributed by atoms with Gasteiger partial charge in [0, 0.05) is 6.54 Å². The van der Waals surface area contributed by atoms with E-state index in [9.17, 15) is 4.79 Å². The highest BCUT2D eigenvalue weighted by Crippen LogP contribution is 2.20. The van der Waals surface area contributed by atoms with Crippen LogP contribution in [0.25, 0.3) is 0 Å². The third kappa shape index (κ3) is 3.96. The second-order valence-corrected chi connectivity index (χ2v) is 6.21. The lowest BCUT2D eigenvalue weighted by molar-refractivity contribution is 0.0938. The molecule has 0 fully saturated rings. The molecule has 4 heteroatoms. The number of rotatable bonds is 7. The van der Waals surface area contributed by atoms with Crippen LogP contribution in [-0.2, 0) is 0 Å². The average Bonchev–Trinajstić information content (AvgIpc) is 2.98. The minimum atomic E-state index is 0.0283. The van der Waals surface area contributed by atoms with Gasteiger partial charge in [0.25, 0.3) is 5.91 Å². The molecular formula is C18H24N2OS. The largest absolute Gasteiger partial charge is 0.349 e. The molecular weight excluding hydrogens is 292 g/mol. The Morgan fingerprint density at radius 2 is 1.86 bits per heavy atom. The van der Waals surface area contributed by atoms with E-state index in [0.717, 1.165) is 23.5 Å². The van der Waals surface area contributed by atoms with Gasteiger partial charge in [0.15, 0.2) is 0 Å². The maximum atomic E-state index is 12.3. The van der Waals surface area contributed by atoms with Gasteiger partial charge in [-0.2, -0.15) is 0 Å². The van der Waals surface area contributed by atoms with Gasteiger partial charge < -0.3 is 5.32 Å². The van der Waals surface area contributed by atoms with E-state index < -0.39 is 0 Å². The normalized spacial score (nSPS) is 12.4. The molecule has 0 radical (unpaired) electrons. The van der Waals surface area contributed by atoms with Gasteiger partial charge in [-0.15, -0.1) is 11.3 Å². The number of hydrogen-bond donors (Lipinski definition) is 1. The molecule has 0 bridgehead atoms. The Bertz CT molecular complexity index is 590. The Kier molecular flexibility index (Phi) is 6.16. The third-order valence-electron chi connectivity index (χ3n) is 3.96. The second-order valence-electron chi connectivity index (χ2n) is 5.29. The van der Waals surface area contributed by atoms with Crippen molar-refractivity contribution >= 4 is 17.2 Å². The number of carbonyl (C=O) groups excluding carboxylic acids is 1. The topological polar surface area (TPSA) is 32.3 Å². The number of thiophene rings is 1. The van der Waals surface area contributed by atoms with Crippen LogP contribution in [0.15, 0.2) is 41.8 Å². The highest BCUT2D eigenvalue weighted by molar-refractivity contribution is 7.12. The molecule has 0 aliphatic heterocycles. The van der Waals surface area contributed by atoms with Crippen LogP contribution in [0.4, 0.5) is 0 Å². The summed E-state index contributed by atoms with van der Waals surface area (Å²) in [6, 6.07) is 12.6. The van der Waals surface area contributed by atoms with Crippen molar-refractivity contribution in [3.05, 3.63) is 57.8 Å². The highest BCUT2D eigenvalue weighted by Gasteiger charge is 2.19. The molecule has 22 heavy (non-hydrogen) atoms. The Morgan fingerprint density at radius 3 is 2.41 bits per heavy atom. The molecule has 1 N–H and O–H groups in total. The summed E-state index contributed by atoms with van der Waals surface area (Å²) in [5.74, 6) is 0.0283. The van der Waals surface area contributed by atoms with Crippen LogP contribution in [0.2, 0.25) is 0 Å². The van der Waals surface area contributed by atoms with Crippen LogP contribution in [0.5, 0.6) is 0 Å². The Labute approximate surface area is 137 Å². The van der Waals surface area contributed by atoms with E-state index >= 15 is 0 Å². The fraction of sp³-hybridized carbons (Fsp3) is 0.389. The van der Waals surface area contributed by atoms with Gasteiger partial charge in [-0.25, -0.2) is 0 Å². The Morgan fingerprint density at radius 1 is 1.18 bits per heavy atom. The van der Waals surface area contributed by atoms with Gasteiger partial charge in [0.2, 0.25) is 0 Å². The molecule has 0 saturated heterocycles. The van der Waals surface area contributed by atoms with Gasteiger partial charge in [-0.3, -0.25) is 9.69 Å². The lowest BCUT2D eigenvalue weighted by atomic mass is 10.0. The minimum Gasteiger partial charge on any atom is -0.349 e. The molecule has 1 heterocycles. The SMILES string of the molecule is CCN(CC)[C@H](CNC(=O)c1sccc1C)c1ccccc1. The summed E-state index contributed by atoms with van der Waals surface area (Å²) in [5.41, 5.74) is 2.29. The van der Waals surface area contributed by atoms with Crippen LogP contribution < -0.4 is 5.32 Å². The smallest absolute Gasteiger partial charge is 0.261 e. The summed E-state index contributed by atoms with van der Waals surface area (Å²) < 4.78 is 0. The van der Waals surface area contributed by atoms with E-state index in [1.807, 2.05) is 24.4 Å². The van der Waals surface area contributed by atoms with Gasteiger partial charge in [-0.1, -0.05) is 44.2 Å². The Balaban J connectivity index is 2.10. The molecule has 1 amide bonds. The summed E-state index contributed by atoms with van der Waals surface area (Å²) in [6.07, 6.45) is 0. The van der Waals surface area contributed by atoms with Crippen LogP contribution in [0.3, 0.4) is 0 Å². The van der Waals surface area contributed by atoms with Crippen LogP contribution in [0, 0.1) is 6.92 Å². The van der Waals surface area contributed by atoms with Crippen molar-refractivity contribution in [1.29, 1.82) is 0 Å². The Hall–Kier alpha value is -1.65. The molecule has 0 spiro atoms. The molecule has 0 aliphatic rings. The van der Waals surface area contributed by atoms with Crippen molar-refractivity contribution in [2.75, 3.05) is 19.6 Å². The van der Waals surface area contributed by atoms with Crippen molar-refractivity contribution in [1.82, 2.24) is 10.2 Å². The van der Waals surface area contributed by atoms with Crippen LogP contribution >= 0.6 is 11.3 Å². The summed E-state index contributed by atoms with van der Waals surface area (Å²) in [4.78, 5) is 15.5. The average molecular weight is 316 g/mol. The van der Waals surface area contributed by atoms with Crippen molar-refractivity contribution < 1.29 is 4.79 Å². The highest BCUT2D eigenvalue weighted by atomic mass is 32.1. The maximum absolute atomic E-state index is 12.3. The number of benzene rings is 1. The van der Waals surface area contributed by atoms with E-state index in [1.54, 1.807) is 0 Å². The molecule has 0 saturated carbocycles. The fourth-order valence-electron chi connectivity index (χ4n) is 2.67. The van der Waals surface area contributed by atoms with Crippen molar-refractivity contribution in [3.8, 4) is 0 Å². The van der Waals surface area contributed by atoms with E-state index in [-0.39, 0.29) is 11.9 Å². The number of aryl methyl sites for hydroxylation is 1. The standard InChI is InChI=1S/C18H24N2OS/c1-4-20(5-2)16(15-9-7-6-8-10-15)13-19-18(21)17-14(3)11-12-22-17/h6-12,16H,4-5,13H2,1-3H3,(H,19,21)/t16-/m1/s1. The first-order chi connectivity index (χ1) is 10.7. The van der Waals surface area contributed by atoms with Gasteiger partial charge in [0.05, 0.1) is 10.9 Å². The van der Waals surface area contributed by atoms with Crippen LogP contribution in [0.1, 0.15) is 40.7 Å². The maximum Gasteiger partial charge on any atom is 0.261 e. The lowest BCUT2D eigenvalue weighted by Gasteiger charge is -2.30. The summed E-state index contributed by atoms with van der Waals surface area (Å²) in [5, 5.41) is 5.07. The minimum absolute atomic E-state index is 0.0283. The van der Waals surface area contributed by atoms with E-state index in [2.05, 4.69) is 48.3 Å². The van der Waals surface area contributed by atoms with E-state index in [1.165, 1.54) is 16.9 Å². The zero-order valence-corrected chi connectivity index (χ0v) is 14.3. The van der Waals surface area contributed by atoms with Crippen molar-refractivity contribution in [2.45, 2.75) is 26.8 Å². The second kappa shape index (κ2) is 8.11. The van der Waals surface area contributed by atoms with Gasteiger partial charge in [0.1, 0.15) is 0 Å². The quantitative estimate of drug-likeness (QED) is 0.841. The molecule has 1 atom stereocenters. The number of hydrogen-bond acceptors (Lipinski definition) is 3. The first-order valence-electron chi connectivity index (χ1n) is 7.78. The number of likely N-dealkylation sites (N-methyl/N-ethyl adjacent to an activating group) is 1. The number of carbonyl (C=O) groups is 1. The summed E-state index contributed by atoms with van der Waals surface area (Å²) >= 11 is 1.50. The first kappa shape index (κ1) is 16.7. The molecule has 3 nitrogen and oxygen atoms in total. The molecule has 0 aliphatic carbocycles. The molecule has 2 aromatic rings. The monoisotopic (exact) mass is 316 g/mol. The fourth-order valence-corrected chi connectivity index (χ4v) is 3.51. The number of amides is 1. The zero-order chi connectivity index (χ0) is 15.9. The van der Waals surface area contributed by atoms with E-state index in [4.69, 9.17) is 0 Å². The predicted octanol–water partition coefficient (Wildman–Crippen LogP) is 3.87.